The number of likely N-dealkylation sites (N-methyl/N-ethyl adjacent to an activating group) is 1. The Labute approximate surface area is 157 Å². The van der Waals surface area contributed by atoms with Crippen molar-refractivity contribution in [1.29, 1.82) is 0 Å². The predicted octanol–water partition coefficient (Wildman–Crippen LogP) is 3.28. The Bertz CT molecular complexity index is 933. The number of rotatable bonds is 5. The SMILES string of the molecule is C[N+](C)(C)CC(O)COc1ccc2c(=O)c3ccccc3sc2c1.Cl. The van der Waals surface area contributed by atoms with Crippen molar-refractivity contribution >= 4 is 43.9 Å². The molecule has 25 heavy (non-hydrogen) atoms. The number of aliphatic hydroxyl groups excluding tert-OH is 1. The molecule has 1 heterocycles. The molecule has 0 aliphatic rings. The molecule has 0 aliphatic heterocycles. The molecule has 0 aliphatic carbocycles. The zero-order chi connectivity index (χ0) is 17.3. The van der Waals surface area contributed by atoms with E-state index in [-0.39, 0.29) is 24.4 Å². The van der Waals surface area contributed by atoms with Gasteiger partial charge in [0.2, 0.25) is 0 Å². The number of halogens is 1. The third kappa shape index (κ3) is 4.70. The molecule has 0 saturated carbocycles. The molecule has 1 atom stereocenters. The van der Waals surface area contributed by atoms with Crippen molar-refractivity contribution in [1.82, 2.24) is 0 Å². The van der Waals surface area contributed by atoms with Crippen LogP contribution < -0.4 is 10.2 Å². The molecule has 0 radical (unpaired) electrons. The van der Waals surface area contributed by atoms with Crippen molar-refractivity contribution in [2.45, 2.75) is 6.10 Å². The average molecular weight is 381 g/mol. The second kappa shape index (κ2) is 7.70. The highest BCUT2D eigenvalue weighted by Crippen LogP contribution is 2.27. The van der Waals surface area contributed by atoms with Gasteiger partial charge in [0, 0.05) is 20.2 Å². The van der Waals surface area contributed by atoms with E-state index in [1.165, 1.54) is 0 Å². The van der Waals surface area contributed by atoms with Crippen LogP contribution in [-0.2, 0) is 0 Å². The van der Waals surface area contributed by atoms with Crippen LogP contribution in [0.1, 0.15) is 0 Å². The molecule has 134 valence electrons. The van der Waals surface area contributed by atoms with E-state index in [0.29, 0.717) is 22.2 Å². The van der Waals surface area contributed by atoms with E-state index < -0.39 is 6.10 Å². The lowest BCUT2D eigenvalue weighted by molar-refractivity contribution is -0.873. The first kappa shape index (κ1) is 19.7. The van der Waals surface area contributed by atoms with Crippen molar-refractivity contribution < 1.29 is 14.3 Å². The van der Waals surface area contributed by atoms with Gasteiger partial charge in [0.1, 0.15) is 25.0 Å². The van der Waals surface area contributed by atoms with Crippen molar-refractivity contribution in [2.24, 2.45) is 0 Å². The Morgan fingerprint density at radius 2 is 1.76 bits per heavy atom. The van der Waals surface area contributed by atoms with Crippen LogP contribution in [-0.4, -0.2) is 50.0 Å². The number of hydrogen-bond donors (Lipinski definition) is 1. The average Bonchev–Trinajstić information content (AvgIpc) is 2.51. The first-order valence-electron chi connectivity index (χ1n) is 7.90. The molecule has 0 fully saturated rings. The molecule has 0 spiro atoms. The summed E-state index contributed by atoms with van der Waals surface area (Å²) >= 11 is 1.58. The summed E-state index contributed by atoms with van der Waals surface area (Å²) in [6.45, 7) is 0.856. The zero-order valence-electron chi connectivity index (χ0n) is 14.6. The molecule has 0 amide bonds. The molecule has 1 unspecified atom stereocenters. The fraction of sp³-hybridized carbons (Fsp3) is 0.316. The van der Waals surface area contributed by atoms with Crippen molar-refractivity contribution in [3.8, 4) is 5.75 Å². The Morgan fingerprint density at radius 1 is 1.08 bits per heavy atom. The first-order valence-corrected chi connectivity index (χ1v) is 8.72. The largest absolute Gasteiger partial charge is 0.491 e. The molecule has 1 aromatic heterocycles. The van der Waals surface area contributed by atoms with Gasteiger partial charge in [0.25, 0.3) is 0 Å². The van der Waals surface area contributed by atoms with Crippen LogP contribution >= 0.6 is 23.7 Å². The summed E-state index contributed by atoms with van der Waals surface area (Å²) in [7, 11) is 6.09. The van der Waals surface area contributed by atoms with Crippen LogP contribution in [0.3, 0.4) is 0 Å². The molecule has 0 saturated heterocycles. The van der Waals surface area contributed by atoms with Gasteiger partial charge in [0.15, 0.2) is 5.43 Å². The Hall–Kier alpha value is -1.66. The van der Waals surface area contributed by atoms with Crippen LogP contribution in [0.25, 0.3) is 20.2 Å². The number of quaternary nitrogens is 1. The summed E-state index contributed by atoms with van der Waals surface area (Å²) in [5, 5.41) is 11.5. The summed E-state index contributed by atoms with van der Waals surface area (Å²) in [4.78, 5) is 12.5. The number of benzene rings is 2. The molecule has 2 aromatic carbocycles. The molecule has 1 N–H and O–H groups in total. The lowest BCUT2D eigenvalue weighted by Gasteiger charge is -2.26. The molecule has 3 rings (SSSR count). The monoisotopic (exact) mass is 380 g/mol. The van der Waals surface area contributed by atoms with E-state index in [1.807, 2.05) is 57.5 Å². The number of aliphatic hydroxyl groups is 1. The minimum absolute atomic E-state index is 0. The smallest absolute Gasteiger partial charge is 0.195 e. The fourth-order valence-electron chi connectivity index (χ4n) is 2.75. The van der Waals surface area contributed by atoms with Crippen molar-refractivity contribution in [3.63, 3.8) is 0 Å². The predicted molar refractivity (Wildman–Crippen MR) is 107 cm³/mol. The number of ether oxygens (including phenoxy) is 1. The lowest BCUT2D eigenvalue weighted by Crippen LogP contribution is -2.43. The van der Waals surface area contributed by atoms with E-state index in [0.717, 1.165) is 14.8 Å². The lowest BCUT2D eigenvalue weighted by atomic mass is 10.2. The van der Waals surface area contributed by atoms with Crippen molar-refractivity contribution in [2.75, 3.05) is 34.3 Å². The van der Waals surface area contributed by atoms with Crippen LogP contribution in [0.2, 0.25) is 0 Å². The minimum atomic E-state index is -0.531. The molecule has 3 aromatic rings. The van der Waals surface area contributed by atoms with Gasteiger partial charge in [-0.3, -0.25) is 4.79 Å². The van der Waals surface area contributed by atoms with Gasteiger partial charge in [-0.1, -0.05) is 12.1 Å². The maximum atomic E-state index is 12.5. The summed E-state index contributed by atoms with van der Waals surface area (Å²) in [6.07, 6.45) is -0.531. The quantitative estimate of drug-likeness (QED) is 0.545. The van der Waals surface area contributed by atoms with E-state index >= 15 is 0 Å². The van der Waals surface area contributed by atoms with Crippen molar-refractivity contribution in [3.05, 3.63) is 52.7 Å². The van der Waals surface area contributed by atoms with Gasteiger partial charge in [-0.2, -0.15) is 0 Å². The van der Waals surface area contributed by atoms with Gasteiger partial charge in [-0.05, 0) is 30.3 Å². The highest BCUT2D eigenvalue weighted by molar-refractivity contribution is 7.24. The summed E-state index contributed by atoms with van der Waals surface area (Å²) in [5.41, 5.74) is 0.0518. The van der Waals surface area contributed by atoms with E-state index in [1.54, 1.807) is 17.4 Å². The third-order valence-electron chi connectivity index (χ3n) is 3.75. The Morgan fingerprint density at radius 3 is 2.48 bits per heavy atom. The fourth-order valence-corrected chi connectivity index (χ4v) is 3.85. The number of hydrogen-bond acceptors (Lipinski definition) is 4. The zero-order valence-corrected chi connectivity index (χ0v) is 16.2. The van der Waals surface area contributed by atoms with Gasteiger partial charge in [0.05, 0.1) is 21.1 Å². The molecule has 4 nitrogen and oxygen atoms in total. The number of nitrogens with zero attached hydrogens (tertiary/aromatic N) is 1. The van der Waals surface area contributed by atoms with E-state index in [4.69, 9.17) is 4.74 Å². The van der Waals surface area contributed by atoms with Gasteiger partial charge in [-0.25, -0.2) is 0 Å². The van der Waals surface area contributed by atoms with Gasteiger partial charge >= 0.3 is 0 Å². The maximum absolute atomic E-state index is 12.5. The molecular formula is C19H23ClNO3S+. The summed E-state index contributed by atoms with van der Waals surface area (Å²) in [5.74, 6) is 0.675. The molecule has 6 heteroatoms. The normalized spacial score (nSPS) is 12.8. The third-order valence-corrected chi connectivity index (χ3v) is 4.88. The topological polar surface area (TPSA) is 46.5 Å². The maximum Gasteiger partial charge on any atom is 0.195 e. The first-order chi connectivity index (χ1) is 11.3. The van der Waals surface area contributed by atoms with Crippen LogP contribution in [0.15, 0.2) is 47.3 Å². The number of fused-ring (bicyclic) bond motifs is 2. The van der Waals surface area contributed by atoms with E-state index in [2.05, 4.69) is 0 Å². The summed E-state index contributed by atoms with van der Waals surface area (Å²) < 4.78 is 8.26. The Kier molecular flexibility index (Phi) is 6.06. The van der Waals surface area contributed by atoms with E-state index in [9.17, 15) is 9.90 Å². The van der Waals surface area contributed by atoms with Gasteiger partial charge in [-0.15, -0.1) is 23.7 Å². The second-order valence-corrected chi connectivity index (χ2v) is 8.11. The van der Waals surface area contributed by atoms with Crippen LogP contribution in [0.4, 0.5) is 0 Å². The molecular weight excluding hydrogens is 358 g/mol. The van der Waals surface area contributed by atoms with Crippen LogP contribution in [0.5, 0.6) is 5.75 Å². The van der Waals surface area contributed by atoms with Gasteiger partial charge < -0.3 is 14.3 Å². The molecule has 0 bridgehead atoms. The summed E-state index contributed by atoms with van der Waals surface area (Å²) in [6, 6.07) is 13.1. The standard InChI is InChI=1S/C19H22NO3S.ClH/c1-20(2,3)11-13(21)12-23-14-8-9-16-18(10-14)24-17-7-5-4-6-15(17)19(16)22;/h4-10,13,21H,11-12H2,1-3H3;1H/q+1;. The Balaban J connectivity index is 0.00000225. The highest BCUT2D eigenvalue weighted by atomic mass is 35.5. The second-order valence-electron chi connectivity index (χ2n) is 7.02. The van der Waals surface area contributed by atoms with Crippen LogP contribution in [0, 0.1) is 0 Å². The highest BCUT2D eigenvalue weighted by Gasteiger charge is 2.16. The minimum Gasteiger partial charge on any atom is -0.491 e.